The van der Waals surface area contributed by atoms with Crippen molar-refractivity contribution >= 4 is 27.5 Å². The molecular weight excluding hydrogens is 398 g/mol. The third-order valence-corrected chi connectivity index (χ3v) is 5.21. The highest BCUT2D eigenvalue weighted by Gasteiger charge is 2.18. The van der Waals surface area contributed by atoms with Crippen molar-refractivity contribution < 1.29 is 27.5 Å². The molecule has 2 aromatic carbocycles. The van der Waals surface area contributed by atoms with Gasteiger partial charge in [-0.05, 0) is 55.3 Å². The van der Waals surface area contributed by atoms with Gasteiger partial charge in [-0.2, -0.15) is 0 Å². The molecule has 2 amide bonds. The van der Waals surface area contributed by atoms with E-state index in [1.807, 2.05) is 24.7 Å². The van der Waals surface area contributed by atoms with E-state index in [1.165, 1.54) is 32.2 Å². The molecule has 0 unspecified atom stereocenters. The summed E-state index contributed by atoms with van der Waals surface area (Å²) >= 11 is 0. The van der Waals surface area contributed by atoms with Crippen LogP contribution in [0, 0.1) is 13.8 Å². The molecule has 0 fully saturated rings. The molecular formula is C19H23N3O6S. The number of aryl methyl sites for hydroxylation is 2. The fourth-order valence-electron chi connectivity index (χ4n) is 2.31. The number of ether oxygens (including phenoxy) is 2. The number of hydrazine groups is 1. The Bertz CT molecular complexity index is 1020. The number of carbonyl (C=O) groups is 2. The van der Waals surface area contributed by atoms with Crippen molar-refractivity contribution in [2.45, 2.75) is 25.7 Å². The van der Waals surface area contributed by atoms with E-state index in [1.54, 1.807) is 12.1 Å². The van der Waals surface area contributed by atoms with Gasteiger partial charge in [-0.25, -0.2) is 8.42 Å². The molecule has 0 spiro atoms. The molecule has 0 heterocycles. The minimum atomic E-state index is -4.08. The van der Waals surface area contributed by atoms with Crippen LogP contribution in [0.25, 0.3) is 0 Å². The number of hydrogen-bond donors (Lipinski definition) is 3. The molecule has 2 rings (SSSR count). The van der Waals surface area contributed by atoms with Crippen molar-refractivity contribution in [3.8, 4) is 11.5 Å². The van der Waals surface area contributed by atoms with E-state index in [4.69, 9.17) is 9.47 Å². The van der Waals surface area contributed by atoms with Crippen LogP contribution >= 0.6 is 0 Å². The van der Waals surface area contributed by atoms with E-state index in [0.29, 0.717) is 11.5 Å². The Morgan fingerprint density at radius 2 is 1.76 bits per heavy atom. The summed E-state index contributed by atoms with van der Waals surface area (Å²) in [7, 11) is -2.69. The number of sulfonamides is 1. The van der Waals surface area contributed by atoms with Gasteiger partial charge in [0.15, 0.2) is 6.61 Å². The number of hydrogen-bond acceptors (Lipinski definition) is 6. The molecule has 9 nitrogen and oxygen atoms in total. The van der Waals surface area contributed by atoms with Crippen molar-refractivity contribution in [3.63, 3.8) is 0 Å². The lowest BCUT2D eigenvalue weighted by Crippen LogP contribution is -2.43. The Kier molecular flexibility index (Phi) is 7.18. The molecule has 2 aromatic rings. The summed E-state index contributed by atoms with van der Waals surface area (Å²) in [6, 6.07) is 9.27. The zero-order chi connectivity index (χ0) is 21.6. The van der Waals surface area contributed by atoms with E-state index in [0.717, 1.165) is 11.1 Å². The summed E-state index contributed by atoms with van der Waals surface area (Å²) < 4.78 is 35.3. The first-order chi connectivity index (χ1) is 13.6. The fourth-order valence-corrected chi connectivity index (χ4v) is 3.20. The van der Waals surface area contributed by atoms with Gasteiger partial charge in [-0.3, -0.25) is 15.0 Å². The average Bonchev–Trinajstić information content (AvgIpc) is 2.67. The molecule has 3 N–H and O–H groups in total. The van der Waals surface area contributed by atoms with Gasteiger partial charge in [0.2, 0.25) is 5.91 Å². The molecule has 10 heteroatoms. The monoisotopic (exact) mass is 421 g/mol. The Labute approximate surface area is 169 Å². The zero-order valence-corrected chi connectivity index (χ0v) is 17.3. The first-order valence-corrected chi connectivity index (χ1v) is 10.1. The van der Waals surface area contributed by atoms with Crippen LogP contribution in [-0.4, -0.2) is 33.9 Å². The van der Waals surface area contributed by atoms with E-state index in [2.05, 4.69) is 10.7 Å². The Morgan fingerprint density at radius 1 is 1.03 bits per heavy atom. The van der Waals surface area contributed by atoms with Crippen LogP contribution in [0.3, 0.4) is 0 Å². The Balaban J connectivity index is 2.00. The lowest BCUT2D eigenvalue weighted by atomic mass is 10.1. The second kappa shape index (κ2) is 9.39. The SMILES string of the molecule is COc1ccc(S(=O)(=O)NNC(=O)COc2ccc(C)c(C)c2)cc1NC(C)=O. The van der Waals surface area contributed by atoms with Crippen LogP contribution in [0.15, 0.2) is 41.3 Å². The number of anilines is 1. The van der Waals surface area contributed by atoms with Crippen molar-refractivity contribution in [1.82, 2.24) is 10.3 Å². The van der Waals surface area contributed by atoms with Gasteiger partial charge in [0.05, 0.1) is 17.7 Å². The summed E-state index contributed by atoms with van der Waals surface area (Å²) in [6.07, 6.45) is 0. The molecule has 156 valence electrons. The Morgan fingerprint density at radius 3 is 2.38 bits per heavy atom. The van der Waals surface area contributed by atoms with Crippen LogP contribution in [0.2, 0.25) is 0 Å². The van der Waals surface area contributed by atoms with Crippen molar-refractivity contribution in [2.24, 2.45) is 0 Å². The number of rotatable bonds is 8. The van der Waals surface area contributed by atoms with E-state index >= 15 is 0 Å². The van der Waals surface area contributed by atoms with Gasteiger partial charge < -0.3 is 14.8 Å². The number of amides is 2. The quantitative estimate of drug-likeness (QED) is 0.557. The highest BCUT2D eigenvalue weighted by Crippen LogP contribution is 2.27. The third-order valence-electron chi connectivity index (χ3n) is 3.97. The number of carbonyl (C=O) groups excluding carboxylic acids is 2. The minimum absolute atomic E-state index is 0.169. The highest BCUT2D eigenvalue weighted by molar-refractivity contribution is 7.89. The molecule has 0 bridgehead atoms. The number of nitrogens with one attached hydrogen (secondary N) is 3. The van der Waals surface area contributed by atoms with Crippen molar-refractivity contribution in [1.29, 1.82) is 0 Å². The maximum Gasteiger partial charge on any atom is 0.272 e. The standard InChI is InChI=1S/C19H23N3O6S/c1-12-5-6-15(9-13(12)2)28-11-19(24)21-22-29(25,26)16-7-8-18(27-4)17(10-16)20-14(3)23/h5-10,22H,11H2,1-4H3,(H,20,23)(H,21,24). The zero-order valence-electron chi connectivity index (χ0n) is 16.5. The molecule has 29 heavy (non-hydrogen) atoms. The van der Waals surface area contributed by atoms with Crippen LogP contribution in [0.4, 0.5) is 5.69 Å². The predicted molar refractivity (Wildman–Crippen MR) is 107 cm³/mol. The fraction of sp³-hybridized carbons (Fsp3) is 0.263. The van der Waals surface area contributed by atoms with Crippen LogP contribution < -0.4 is 25.0 Å². The minimum Gasteiger partial charge on any atom is -0.495 e. The first kappa shape index (κ1) is 22.2. The third kappa shape index (κ3) is 6.19. The van der Waals surface area contributed by atoms with Crippen LogP contribution in [0.1, 0.15) is 18.1 Å². The molecule has 0 aliphatic heterocycles. The first-order valence-electron chi connectivity index (χ1n) is 8.58. The van der Waals surface area contributed by atoms with Gasteiger partial charge in [-0.15, -0.1) is 4.83 Å². The normalized spacial score (nSPS) is 10.9. The summed E-state index contributed by atoms with van der Waals surface area (Å²) in [5.74, 6) is -0.267. The van der Waals surface area contributed by atoms with Crippen LogP contribution in [-0.2, 0) is 19.6 Å². The molecule has 0 aliphatic rings. The molecule has 0 aromatic heterocycles. The number of methoxy groups -OCH3 is 1. The van der Waals surface area contributed by atoms with Crippen molar-refractivity contribution in [2.75, 3.05) is 19.0 Å². The van der Waals surface area contributed by atoms with E-state index < -0.39 is 15.9 Å². The molecule has 0 radical (unpaired) electrons. The molecule has 0 aliphatic carbocycles. The summed E-state index contributed by atoms with van der Waals surface area (Å²) in [4.78, 5) is 25.0. The van der Waals surface area contributed by atoms with Gasteiger partial charge in [-0.1, -0.05) is 6.07 Å². The largest absolute Gasteiger partial charge is 0.495 e. The van der Waals surface area contributed by atoms with Gasteiger partial charge in [0, 0.05) is 6.92 Å². The topological polar surface area (TPSA) is 123 Å². The Hall–Kier alpha value is -3.11. The smallest absolute Gasteiger partial charge is 0.272 e. The average molecular weight is 421 g/mol. The summed E-state index contributed by atoms with van der Waals surface area (Å²) in [6.45, 7) is 4.79. The second-order valence-electron chi connectivity index (χ2n) is 6.23. The van der Waals surface area contributed by atoms with E-state index in [-0.39, 0.29) is 23.1 Å². The van der Waals surface area contributed by atoms with Gasteiger partial charge >= 0.3 is 0 Å². The van der Waals surface area contributed by atoms with E-state index in [9.17, 15) is 18.0 Å². The number of benzene rings is 2. The predicted octanol–water partition coefficient (Wildman–Crippen LogP) is 1.66. The second-order valence-corrected chi connectivity index (χ2v) is 7.91. The molecule has 0 saturated carbocycles. The van der Waals surface area contributed by atoms with Gasteiger partial charge in [0.25, 0.3) is 15.9 Å². The maximum absolute atomic E-state index is 12.4. The van der Waals surface area contributed by atoms with Crippen LogP contribution in [0.5, 0.6) is 11.5 Å². The van der Waals surface area contributed by atoms with Crippen molar-refractivity contribution in [3.05, 3.63) is 47.5 Å². The lowest BCUT2D eigenvalue weighted by molar-refractivity contribution is -0.123. The summed E-state index contributed by atoms with van der Waals surface area (Å²) in [5.41, 5.74) is 4.38. The lowest BCUT2D eigenvalue weighted by Gasteiger charge is -2.13. The maximum atomic E-state index is 12.4. The summed E-state index contributed by atoms with van der Waals surface area (Å²) in [5, 5.41) is 2.49. The molecule has 0 saturated heterocycles. The van der Waals surface area contributed by atoms with Gasteiger partial charge in [0.1, 0.15) is 11.5 Å². The molecule has 0 atom stereocenters. The highest BCUT2D eigenvalue weighted by atomic mass is 32.2.